The van der Waals surface area contributed by atoms with Gasteiger partial charge >= 0.3 is 0 Å². The maximum Gasteiger partial charge on any atom is 0.0897 e. The summed E-state index contributed by atoms with van der Waals surface area (Å²) in [5.74, 6) is 0. The number of halogens is 1. The van der Waals surface area contributed by atoms with Gasteiger partial charge in [0.1, 0.15) is 0 Å². The van der Waals surface area contributed by atoms with Gasteiger partial charge in [0.2, 0.25) is 0 Å². The minimum Gasteiger partial charge on any atom is -0.247 e. The maximum atomic E-state index is 4.44. The lowest BCUT2D eigenvalue weighted by Crippen LogP contribution is -2.16. The van der Waals surface area contributed by atoms with E-state index < -0.39 is 0 Å². The molecule has 0 saturated heterocycles. The van der Waals surface area contributed by atoms with Crippen LogP contribution in [0.25, 0.3) is 0 Å². The SMILES string of the molecule is Cc1nc(CC(C)(C)CBr)cs1. The van der Waals surface area contributed by atoms with Crippen LogP contribution in [-0.4, -0.2) is 10.3 Å². The molecule has 0 atom stereocenters. The van der Waals surface area contributed by atoms with E-state index in [0.29, 0.717) is 5.41 Å². The number of thiazole rings is 1. The van der Waals surface area contributed by atoms with Crippen molar-refractivity contribution < 1.29 is 0 Å². The van der Waals surface area contributed by atoms with Crippen molar-refractivity contribution in [3.63, 3.8) is 0 Å². The Morgan fingerprint density at radius 2 is 2.25 bits per heavy atom. The lowest BCUT2D eigenvalue weighted by Gasteiger charge is -2.19. The topological polar surface area (TPSA) is 12.9 Å². The van der Waals surface area contributed by atoms with Crippen molar-refractivity contribution in [2.75, 3.05) is 5.33 Å². The first-order valence-electron chi connectivity index (χ1n) is 4.00. The van der Waals surface area contributed by atoms with Crippen LogP contribution in [0.1, 0.15) is 24.5 Å². The van der Waals surface area contributed by atoms with E-state index in [9.17, 15) is 0 Å². The van der Waals surface area contributed by atoms with Gasteiger partial charge in [0.05, 0.1) is 10.7 Å². The first kappa shape index (κ1) is 10.2. The van der Waals surface area contributed by atoms with Gasteiger partial charge in [-0.05, 0) is 18.8 Å². The van der Waals surface area contributed by atoms with Crippen molar-refractivity contribution in [1.29, 1.82) is 0 Å². The van der Waals surface area contributed by atoms with Crippen molar-refractivity contribution >= 4 is 27.3 Å². The van der Waals surface area contributed by atoms with Crippen molar-refractivity contribution in [3.05, 3.63) is 16.1 Å². The quantitative estimate of drug-likeness (QED) is 0.747. The number of nitrogens with zero attached hydrogens (tertiary/aromatic N) is 1. The van der Waals surface area contributed by atoms with E-state index >= 15 is 0 Å². The highest BCUT2D eigenvalue weighted by Gasteiger charge is 2.17. The van der Waals surface area contributed by atoms with Crippen LogP contribution in [-0.2, 0) is 6.42 Å². The maximum absolute atomic E-state index is 4.44. The summed E-state index contributed by atoms with van der Waals surface area (Å²) in [5, 5.41) is 4.34. The van der Waals surface area contributed by atoms with Gasteiger partial charge in [0, 0.05) is 10.7 Å². The molecule has 68 valence electrons. The van der Waals surface area contributed by atoms with Crippen molar-refractivity contribution in [3.8, 4) is 0 Å². The Morgan fingerprint density at radius 3 is 2.67 bits per heavy atom. The molecule has 0 bridgehead atoms. The van der Waals surface area contributed by atoms with Crippen LogP contribution in [0.2, 0.25) is 0 Å². The fraction of sp³-hybridized carbons (Fsp3) is 0.667. The monoisotopic (exact) mass is 247 g/mol. The Hall–Kier alpha value is 0.110. The van der Waals surface area contributed by atoms with Crippen LogP contribution in [0.4, 0.5) is 0 Å². The zero-order valence-corrected chi connectivity index (χ0v) is 10.1. The average Bonchev–Trinajstić information content (AvgIpc) is 2.35. The Kier molecular flexibility index (Phi) is 3.29. The Labute approximate surface area is 86.3 Å². The van der Waals surface area contributed by atoms with Crippen LogP contribution in [0.5, 0.6) is 0 Å². The summed E-state index contributed by atoms with van der Waals surface area (Å²) in [6.07, 6.45) is 1.06. The van der Waals surface area contributed by atoms with Crippen LogP contribution < -0.4 is 0 Å². The third-order valence-electron chi connectivity index (χ3n) is 1.69. The molecule has 0 radical (unpaired) electrons. The molecule has 12 heavy (non-hydrogen) atoms. The largest absolute Gasteiger partial charge is 0.247 e. The van der Waals surface area contributed by atoms with Crippen LogP contribution in [0.15, 0.2) is 5.38 Å². The molecule has 0 aliphatic carbocycles. The minimum absolute atomic E-state index is 0.320. The summed E-state index contributed by atoms with van der Waals surface area (Å²) in [6, 6.07) is 0. The van der Waals surface area contributed by atoms with Gasteiger partial charge in [0.25, 0.3) is 0 Å². The summed E-state index contributed by atoms with van der Waals surface area (Å²) in [5.41, 5.74) is 1.54. The molecule has 1 aromatic rings. The van der Waals surface area contributed by atoms with Crippen molar-refractivity contribution in [1.82, 2.24) is 4.98 Å². The molecular formula is C9H14BrNS. The van der Waals surface area contributed by atoms with E-state index in [1.807, 2.05) is 0 Å². The minimum atomic E-state index is 0.320. The van der Waals surface area contributed by atoms with Gasteiger partial charge in [0.15, 0.2) is 0 Å². The summed E-state index contributed by atoms with van der Waals surface area (Å²) in [4.78, 5) is 4.44. The van der Waals surface area contributed by atoms with Gasteiger partial charge in [-0.2, -0.15) is 0 Å². The molecule has 0 fully saturated rings. The van der Waals surface area contributed by atoms with E-state index in [4.69, 9.17) is 0 Å². The molecule has 0 N–H and O–H groups in total. The number of aryl methyl sites for hydroxylation is 1. The second kappa shape index (κ2) is 3.88. The molecule has 0 saturated carbocycles. The van der Waals surface area contributed by atoms with Gasteiger partial charge in [-0.25, -0.2) is 4.98 Å². The second-order valence-electron chi connectivity index (χ2n) is 3.83. The number of hydrogen-bond donors (Lipinski definition) is 0. The van der Waals surface area contributed by atoms with Gasteiger partial charge < -0.3 is 0 Å². The van der Waals surface area contributed by atoms with Gasteiger partial charge in [-0.1, -0.05) is 29.8 Å². The fourth-order valence-electron chi connectivity index (χ4n) is 1.03. The molecule has 0 amide bonds. The highest BCUT2D eigenvalue weighted by Crippen LogP contribution is 2.24. The predicted octanol–water partition coefficient (Wildman–Crippen LogP) is 3.42. The third kappa shape index (κ3) is 2.87. The average molecular weight is 248 g/mol. The zero-order valence-electron chi connectivity index (χ0n) is 7.72. The molecule has 1 nitrogen and oxygen atoms in total. The lowest BCUT2D eigenvalue weighted by atomic mass is 9.91. The van der Waals surface area contributed by atoms with Crippen LogP contribution in [0.3, 0.4) is 0 Å². The van der Waals surface area contributed by atoms with Gasteiger partial charge in [-0.3, -0.25) is 0 Å². The summed E-state index contributed by atoms with van der Waals surface area (Å²) >= 11 is 5.24. The molecule has 0 aliphatic rings. The van der Waals surface area contributed by atoms with Crippen LogP contribution in [0, 0.1) is 12.3 Å². The van der Waals surface area contributed by atoms with Gasteiger partial charge in [-0.15, -0.1) is 11.3 Å². The summed E-state index contributed by atoms with van der Waals surface area (Å²) < 4.78 is 0. The van der Waals surface area contributed by atoms with E-state index in [1.165, 1.54) is 5.69 Å². The number of aromatic nitrogens is 1. The smallest absolute Gasteiger partial charge is 0.0897 e. The van der Waals surface area contributed by atoms with Crippen molar-refractivity contribution in [2.24, 2.45) is 5.41 Å². The van der Waals surface area contributed by atoms with Crippen molar-refractivity contribution in [2.45, 2.75) is 27.2 Å². The molecule has 1 heterocycles. The summed E-state index contributed by atoms with van der Waals surface area (Å²) in [6.45, 7) is 6.54. The number of hydrogen-bond acceptors (Lipinski definition) is 2. The number of rotatable bonds is 3. The molecule has 0 spiro atoms. The number of alkyl halides is 1. The van der Waals surface area contributed by atoms with E-state index in [1.54, 1.807) is 11.3 Å². The second-order valence-corrected chi connectivity index (χ2v) is 5.46. The van der Waals surface area contributed by atoms with E-state index in [-0.39, 0.29) is 0 Å². The first-order chi connectivity index (χ1) is 5.53. The Bertz CT molecular complexity index is 255. The van der Waals surface area contributed by atoms with E-state index in [2.05, 4.69) is 47.1 Å². The third-order valence-corrected chi connectivity index (χ3v) is 4.03. The highest BCUT2D eigenvalue weighted by molar-refractivity contribution is 9.09. The Balaban J connectivity index is 2.63. The molecular weight excluding hydrogens is 234 g/mol. The molecule has 1 rings (SSSR count). The van der Waals surface area contributed by atoms with Crippen LogP contribution >= 0.6 is 27.3 Å². The Morgan fingerprint density at radius 1 is 1.58 bits per heavy atom. The molecule has 3 heteroatoms. The molecule has 0 aliphatic heterocycles. The fourth-order valence-corrected chi connectivity index (χ4v) is 1.84. The highest BCUT2D eigenvalue weighted by atomic mass is 79.9. The lowest BCUT2D eigenvalue weighted by molar-refractivity contribution is 0.420. The van der Waals surface area contributed by atoms with E-state index in [0.717, 1.165) is 16.8 Å². The zero-order chi connectivity index (χ0) is 9.19. The molecule has 1 aromatic heterocycles. The first-order valence-corrected chi connectivity index (χ1v) is 6.00. The standard InChI is InChI=1S/C9H14BrNS/c1-7-11-8(5-12-7)4-9(2,3)6-10/h5H,4,6H2,1-3H3. The summed E-state index contributed by atoms with van der Waals surface area (Å²) in [7, 11) is 0. The predicted molar refractivity (Wildman–Crippen MR) is 58.1 cm³/mol. The molecule has 0 unspecified atom stereocenters. The normalized spacial score (nSPS) is 12.0. The molecule has 0 aromatic carbocycles.